The van der Waals surface area contributed by atoms with Crippen LogP contribution >= 0.6 is 23.2 Å². The van der Waals surface area contributed by atoms with E-state index in [0.717, 1.165) is 16.9 Å². The first kappa shape index (κ1) is 11.3. The quantitative estimate of drug-likeness (QED) is 0.755. The van der Waals surface area contributed by atoms with E-state index in [-0.39, 0.29) is 0 Å². The van der Waals surface area contributed by atoms with Crippen molar-refractivity contribution in [2.75, 3.05) is 7.11 Å². The van der Waals surface area contributed by atoms with Crippen molar-refractivity contribution in [2.45, 2.75) is 0 Å². The summed E-state index contributed by atoms with van der Waals surface area (Å²) in [6.45, 7) is 0. The highest BCUT2D eigenvalue weighted by Crippen LogP contribution is 2.39. The number of ether oxygens (including phenoxy) is 1. The van der Waals surface area contributed by atoms with Crippen molar-refractivity contribution in [1.29, 1.82) is 0 Å². The van der Waals surface area contributed by atoms with Crippen LogP contribution in [-0.2, 0) is 0 Å². The van der Waals surface area contributed by atoms with Crippen LogP contribution < -0.4 is 4.74 Å². The van der Waals surface area contributed by atoms with E-state index in [2.05, 4.69) is 0 Å². The van der Waals surface area contributed by atoms with Crippen LogP contribution in [0.2, 0.25) is 10.0 Å². The average Bonchev–Trinajstić information content (AvgIpc) is 2.30. The summed E-state index contributed by atoms with van der Waals surface area (Å²) in [5.74, 6) is 0.723. The Morgan fingerprint density at radius 3 is 2.25 bits per heavy atom. The molecule has 2 aromatic rings. The van der Waals surface area contributed by atoms with Crippen LogP contribution in [0.1, 0.15) is 0 Å². The SMILES string of the molecule is COc1cccc(Cl)c1-c1ccccc1Cl. The minimum Gasteiger partial charge on any atom is -0.496 e. The second-order valence-corrected chi connectivity index (χ2v) is 4.11. The first-order valence-electron chi connectivity index (χ1n) is 4.81. The third-order valence-corrected chi connectivity index (χ3v) is 2.98. The van der Waals surface area contributed by atoms with Gasteiger partial charge in [0.25, 0.3) is 0 Å². The molecule has 0 aliphatic rings. The Morgan fingerprint density at radius 1 is 0.875 bits per heavy atom. The molecule has 82 valence electrons. The highest BCUT2D eigenvalue weighted by atomic mass is 35.5. The predicted molar refractivity (Wildman–Crippen MR) is 68.5 cm³/mol. The average molecular weight is 253 g/mol. The Labute approximate surface area is 105 Å². The molecule has 0 bridgehead atoms. The lowest BCUT2D eigenvalue weighted by Gasteiger charge is -2.11. The van der Waals surface area contributed by atoms with Gasteiger partial charge in [-0.1, -0.05) is 47.5 Å². The summed E-state index contributed by atoms with van der Waals surface area (Å²) < 4.78 is 5.29. The maximum atomic E-state index is 6.18. The van der Waals surface area contributed by atoms with Crippen LogP contribution in [-0.4, -0.2) is 7.11 Å². The van der Waals surface area contributed by atoms with E-state index in [0.29, 0.717) is 10.0 Å². The molecule has 0 aliphatic heterocycles. The van der Waals surface area contributed by atoms with Crippen molar-refractivity contribution < 1.29 is 4.74 Å². The maximum Gasteiger partial charge on any atom is 0.128 e. The lowest BCUT2D eigenvalue weighted by molar-refractivity contribution is 0.416. The molecule has 0 heterocycles. The van der Waals surface area contributed by atoms with E-state index < -0.39 is 0 Å². The summed E-state index contributed by atoms with van der Waals surface area (Å²) in [7, 11) is 1.62. The van der Waals surface area contributed by atoms with Gasteiger partial charge in [-0.15, -0.1) is 0 Å². The van der Waals surface area contributed by atoms with E-state index in [1.54, 1.807) is 7.11 Å². The van der Waals surface area contributed by atoms with Crippen LogP contribution in [0.4, 0.5) is 0 Å². The molecule has 0 saturated carbocycles. The zero-order valence-corrected chi connectivity index (χ0v) is 10.2. The number of halogens is 2. The molecule has 0 atom stereocenters. The molecule has 3 heteroatoms. The van der Waals surface area contributed by atoms with Crippen molar-refractivity contribution in [3.63, 3.8) is 0 Å². The number of rotatable bonds is 2. The fourth-order valence-corrected chi connectivity index (χ4v) is 2.10. The van der Waals surface area contributed by atoms with Gasteiger partial charge in [-0.2, -0.15) is 0 Å². The number of hydrogen-bond donors (Lipinski definition) is 0. The van der Waals surface area contributed by atoms with Gasteiger partial charge in [0.2, 0.25) is 0 Å². The molecule has 0 N–H and O–H groups in total. The zero-order chi connectivity index (χ0) is 11.5. The first-order valence-corrected chi connectivity index (χ1v) is 5.57. The van der Waals surface area contributed by atoms with Gasteiger partial charge in [0.1, 0.15) is 5.75 Å². The van der Waals surface area contributed by atoms with E-state index in [9.17, 15) is 0 Å². The van der Waals surface area contributed by atoms with Gasteiger partial charge in [-0.3, -0.25) is 0 Å². The molecular weight excluding hydrogens is 243 g/mol. The van der Waals surface area contributed by atoms with E-state index >= 15 is 0 Å². The van der Waals surface area contributed by atoms with Crippen LogP contribution in [0, 0.1) is 0 Å². The predicted octanol–water partition coefficient (Wildman–Crippen LogP) is 4.67. The number of benzene rings is 2. The second kappa shape index (κ2) is 4.77. The van der Waals surface area contributed by atoms with Crippen molar-refractivity contribution in [1.82, 2.24) is 0 Å². The Balaban J connectivity index is 2.68. The van der Waals surface area contributed by atoms with Gasteiger partial charge in [0.15, 0.2) is 0 Å². The molecule has 2 rings (SSSR count). The van der Waals surface area contributed by atoms with Crippen molar-refractivity contribution >= 4 is 23.2 Å². The minimum atomic E-state index is 0.632. The molecule has 2 aromatic carbocycles. The fraction of sp³-hybridized carbons (Fsp3) is 0.0769. The fourth-order valence-electron chi connectivity index (χ4n) is 1.60. The van der Waals surface area contributed by atoms with Crippen LogP contribution in [0.5, 0.6) is 5.75 Å². The van der Waals surface area contributed by atoms with E-state index in [4.69, 9.17) is 27.9 Å². The molecule has 0 amide bonds. The summed E-state index contributed by atoms with van der Waals surface area (Å²) in [6.07, 6.45) is 0. The summed E-state index contributed by atoms with van der Waals surface area (Å²) in [5, 5.41) is 1.29. The normalized spacial score (nSPS) is 10.2. The second-order valence-electron chi connectivity index (χ2n) is 3.30. The van der Waals surface area contributed by atoms with Gasteiger partial charge in [-0.05, 0) is 18.2 Å². The van der Waals surface area contributed by atoms with Crippen LogP contribution in [0.3, 0.4) is 0 Å². The third-order valence-electron chi connectivity index (χ3n) is 2.34. The minimum absolute atomic E-state index is 0.632. The Kier molecular flexibility index (Phi) is 3.37. The molecule has 0 fully saturated rings. The summed E-state index contributed by atoms with van der Waals surface area (Å²) >= 11 is 12.3. The van der Waals surface area contributed by atoms with Crippen molar-refractivity contribution in [3.05, 3.63) is 52.5 Å². The highest BCUT2D eigenvalue weighted by molar-refractivity contribution is 6.36. The molecule has 0 spiro atoms. The Morgan fingerprint density at radius 2 is 1.56 bits per heavy atom. The molecule has 0 aromatic heterocycles. The topological polar surface area (TPSA) is 9.23 Å². The molecule has 16 heavy (non-hydrogen) atoms. The molecule has 0 aliphatic carbocycles. The largest absolute Gasteiger partial charge is 0.496 e. The lowest BCUT2D eigenvalue weighted by Crippen LogP contribution is -1.89. The number of hydrogen-bond acceptors (Lipinski definition) is 1. The third kappa shape index (κ3) is 2.01. The highest BCUT2D eigenvalue weighted by Gasteiger charge is 2.12. The van der Waals surface area contributed by atoms with Gasteiger partial charge >= 0.3 is 0 Å². The first-order chi connectivity index (χ1) is 7.74. The monoisotopic (exact) mass is 252 g/mol. The molecule has 0 unspecified atom stereocenters. The van der Waals surface area contributed by atoms with Gasteiger partial charge in [0, 0.05) is 16.1 Å². The van der Waals surface area contributed by atoms with E-state index in [1.807, 2.05) is 42.5 Å². The Bertz CT molecular complexity index is 509. The van der Waals surface area contributed by atoms with Gasteiger partial charge < -0.3 is 4.74 Å². The molecule has 0 radical (unpaired) electrons. The maximum absolute atomic E-state index is 6.18. The number of methoxy groups -OCH3 is 1. The van der Waals surface area contributed by atoms with E-state index in [1.165, 1.54) is 0 Å². The zero-order valence-electron chi connectivity index (χ0n) is 8.71. The summed E-state index contributed by atoms with van der Waals surface area (Å²) in [6, 6.07) is 13.1. The lowest BCUT2D eigenvalue weighted by atomic mass is 10.0. The van der Waals surface area contributed by atoms with Crippen molar-refractivity contribution in [2.24, 2.45) is 0 Å². The van der Waals surface area contributed by atoms with Crippen LogP contribution in [0.15, 0.2) is 42.5 Å². The summed E-state index contributed by atoms with van der Waals surface area (Å²) in [4.78, 5) is 0. The smallest absolute Gasteiger partial charge is 0.128 e. The molecule has 1 nitrogen and oxygen atoms in total. The van der Waals surface area contributed by atoms with Gasteiger partial charge in [0.05, 0.1) is 12.1 Å². The van der Waals surface area contributed by atoms with Gasteiger partial charge in [-0.25, -0.2) is 0 Å². The van der Waals surface area contributed by atoms with Crippen molar-refractivity contribution in [3.8, 4) is 16.9 Å². The standard InChI is InChI=1S/C13H10Cl2O/c1-16-12-8-4-7-11(15)13(12)9-5-2-3-6-10(9)14/h2-8H,1H3. The molecule has 0 saturated heterocycles. The Hall–Kier alpha value is -1.18. The van der Waals surface area contributed by atoms with Crippen LogP contribution in [0.25, 0.3) is 11.1 Å². The summed E-state index contributed by atoms with van der Waals surface area (Å²) in [5.41, 5.74) is 1.71. The molecular formula is C13H10Cl2O.